The van der Waals surface area contributed by atoms with Crippen molar-refractivity contribution in [2.45, 2.75) is 32.2 Å². The number of rotatable bonds is 5. The number of likely N-dealkylation sites (N-methyl/N-ethyl adjacent to an activating group) is 1. The Morgan fingerprint density at radius 3 is 2.90 bits per heavy atom. The average Bonchev–Trinajstić information content (AvgIpc) is 2.45. The van der Waals surface area contributed by atoms with Gasteiger partial charge in [-0.15, -0.1) is 0 Å². The van der Waals surface area contributed by atoms with Crippen LogP contribution in [0.3, 0.4) is 0 Å². The molecule has 1 N–H and O–H groups in total. The molecule has 20 heavy (non-hydrogen) atoms. The molecule has 6 heteroatoms. The van der Waals surface area contributed by atoms with E-state index in [1.54, 1.807) is 12.1 Å². The molecule has 110 valence electrons. The lowest BCUT2D eigenvalue weighted by atomic mass is 10.0. The minimum absolute atomic E-state index is 0.172. The molecular formula is C14H20BrN3O2. The minimum atomic E-state index is -0.307. The van der Waals surface area contributed by atoms with Crippen molar-refractivity contribution in [3.63, 3.8) is 0 Å². The fourth-order valence-electron chi connectivity index (χ4n) is 2.65. The highest BCUT2D eigenvalue weighted by molar-refractivity contribution is 9.10. The first kappa shape index (κ1) is 15.3. The number of nitro benzene ring substituents is 1. The van der Waals surface area contributed by atoms with E-state index in [1.807, 2.05) is 13.0 Å². The molecule has 1 aromatic rings. The van der Waals surface area contributed by atoms with Gasteiger partial charge in [-0.05, 0) is 38.4 Å². The minimum Gasteiger partial charge on any atom is -0.365 e. The van der Waals surface area contributed by atoms with Crippen LogP contribution >= 0.6 is 15.9 Å². The Balaban J connectivity index is 2.21. The summed E-state index contributed by atoms with van der Waals surface area (Å²) in [5.74, 6) is 0. The first-order valence-electron chi connectivity index (χ1n) is 7.04. The lowest BCUT2D eigenvalue weighted by Gasteiger charge is -2.31. The maximum atomic E-state index is 11.2. The lowest BCUT2D eigenvalue weighted by molar-refractivity contribution is -0.384. The van der Waals surface area contributed by atoms with E-state index in [9.17, 15) is 10.1 Å². The average molecular weight is 342 g/mol. The third-order valence-corrected chi connectivity index (χ3v) is 4.20. The Labute approximate surface area is 127 Å². The van der Waals surface area contributed by atoms with Crippen molar-refractivity contribution in [1.82, 2.24) is 5.32 Å². The van der Waals surface area contributed by atoms with Crippen LogP contribution in [0.25, 0.3) is 0 Å². The first-order chi connectivity index (χ1) is 9.61. The molecule has 5 nitrogen and oxygen atoms in total. The maximum absolute atomic E-state index is 11.2. The van der Waals surface area contributed by atoms with Crippen LogP contribution < -0.4 is 10.2 Å². The summed E-state index contributed by atoms with van der Waals surface area (Å²) in [6.07, 6.45) is 3.59. The molecule has 0 bridgehead atoms. The molecule has 0 aromatic heterocycles. The van der Waals surface area contributed by atoms with Gasteiger partial charge in [0.1, 0.15) is 5.69 Å². The van der Waals surface area contributed by atoms with Crippen LogP contribution in [-0.2, 0) is 0 Å². The molecular weight excluding hydrogens is 322 g/mol. The number of nitro groups is 1. The normalized spacial score (nSPS) is 18.8. The smallest absolute Gasteiger partial charge is 0.292 e. The van der Waals surface area contributed by atoms with Crippen molar-refractivity contribution in [1.29, 1.82) is 0 Å². The number of anilines is 1. The number of nitrogens with one attached hydrogen (secondary N) is 1. The van der Waals surface area contributed by atoms with E-state index in [1.165, 1.54) is 12.8 Å². The van der Waals surface area contributed by atoms with Gasteiger partial charge in [-0.25, -0.2) is 0 Å². The van der Waals surface area contributed by atoms with Gasteiger partial charge in [-0.1, -0.05) is 22.4 Å². The quantitative estimate of drug-likeness (QED) is 0.659. The summed E-state index contributed by atoms with van der Waals surface area (Å²) < 4.78 is 0.869. The highest BCUT2D eigenvalue weighted by Crippen LogP contribution is 2.31. The molecule has 1 aliphatic heterocycles. The number of piperidine rings is 1. The highest BCUT2D eigenvalue weighted by Gasteiger charge is 2.22. The molecule has 1 fully saturated rings. The van der Waals surface area contributed by atoms with E-state index in [0.29, 0.717) is 11.7 Å². The summed E-state index contributed by atoms with van der Waals surface area (Å²) in [6.45, 7) is 4.65. The van der Waals surface area contributed by atoms with E-state index >= 15 is 0 Å². The highest BCUT2D eigenvalue weighted by atomic mass is 79.9. The van der Waals surface area contributed by atoms with Gasteiger partial charge in [0.15, 0.2) is 0 Å². The Hall–Kier alpha value is -1.14. The van der Waals surface area contributed by atoms with Crippen LogP contribution in [0, 0.1) is 10.1 Å². The molecule has 2 rings (SSSR count). The Kier molecular flexibility index (Phi) is 5.37. The number of halogens is 1. The Bertz CT molecular complexity index is 475. The van der Waals surface area contributed by atoms with Crippen molar-refractivity contribution >= 4 is 27.3 Å². The molecule has 0 aliphatic carbocycles. The molecule has 0 spiro atoms. The second-order valence-electron chi connectivity index (χ2n) is 5.08. The lowest BCUT2D eigenvalue weighted by Crippen LogP contribution is -2.43. The van der Waals surface area contributed by atoms with E-state index in [2.05, 4.69) is 26.1 Å². The van der Waals surface area contributed by atoms with Gasteiger partial charge in [0.25, 0.3) is 5.69 Å². The van der Waals surface area contributed by atoms with E-state index < -0.39 is 0 Å². The molecule has 1 unspecified atom stereocenters. The van der Waals surface area contributed by atoms with Gasteiger partial charge in [0.2, 0.25) is 0 Å². The van der Waals surface area contributed by atoms with Gasteiger partial charge in [0, 0.05) is 29.7 Å². The molecule has 1 aromatic carbocycles. The zero-order valence-corrected chi connectivity index (χ0v) is 13.2. The molecule has 1 saturated heterocycles. The Morgan fingerprint density at radius 2 is 2.30 bits per heavy atom. The second kappa shape index (κ2) is 7.04. The fourth-order valence-corrected chi connectivity index (χ4v) is 3.00. The van der Waals surface area contributed by atoms with Crippen molar-refractivity contribution < 1.29 is 4.92 Å². The summed E-state index contributed by atoms with van der Waals surface area (Å²) in [5.41, 5.74) is 0.866. The van der Waals surface area contributed by atoms with Gasteiger partial charge in [-0.2, -0.15) is 0 Å². The molecule has 0 saturated carbocycles. The molecule has 0 radical (unpaired) electrons. The van der Waals surface area contributed by atoms with Crippen molar-refractivity contribution in [2.24, 2.45) is 0 Å². The zero-order valence-electron chi connectivity index (χ0n) is 11.6. The monoisotopic (exact) mass is 341 g/mol. The van der Waals surface area contributed by atoms with Crippen LogP contribution in [0.5, 0.6) is 0 Å². The van der Waals surface area contributed by atoms with Crippen LogP contribution in [0.15, 0.2) is 22.7 Å². The molecule has 0 amide bonds. The predicted molar refractivity (Wildman–Crippen MR) is 84.3 cm³/mol. The zero-order chi connectivity index (χ0) is 14.5. The SMILES string of the molecule is CCN(CC1CCCCN1)c1cc(Br)ccc1[N+](=O)[O-]. The van der Waals surface area contributed by atoms with Crippen molar-refractivity contribution in [3.05, 3.63) is 32.8 Å². The van der Waals surface area contributed by atoms with E-state index in [0.717, 1.165) is 30.5 Å². The third kappa shape index (κ3) is 3.70. The maximum Gasteiger partial charge on any atom is 0.292 e. The van der Waals surface area contributed by atoms with Gasteiger partial charge in [-0.3, -0.25) is 10.1 Å². The standard InChI is InChI=1S/C14H20BrN3O2/c1-2-17(10-12-5-3-4-8-16-12)14-9-11(15)6-7-13(14)18(19)20/h6-7,9,12,16H,2-5,8,10H2,1H3. The number of hydrogen-bond donors (Lipinski definition) is 1. The van der Waals surface area contributed by atoms with Gasteiger partial charge >= 0.3 is 0 Å². The number of hydrogen-bond acceptors (Lipinski definition) is 4. The number of benzene rings is 1. The van der Waals surface area contributed by atoms with Crippen LogP contribution in [0.1, 0.15) is 26.2 Å². The summed E-state index contributed by atoms with van der Waals surface area (Å²) >= 11 is 3.40. The van der Waals surface area contributed by atoms with Crippen molar-refractivity contribution in [2.75, 3.05) is 24.5 Å². The topological polar surface area (TPSA) is 58.4 Å². The van der Waals surface area contributed by atoms with E-state index in [-0.39, 0.29) is 10.6 Å². The van der Waals surface area contributed by atoms with Crippen LogP contribution in [0.2, 0.25) is 0 Å². The summed E-state index contributed by atoms with van der Waals surface area (Å²) in [7, 11) is 0. The first-order valence-corrected chi connectivity index (χ1v) is 7.83. The fraction of sp³-hybridized carbons (Fsp3) is 0.571. The third-order valence-electron chi connectivity index (χ3n) is 3.71. The van der Waals surface area contributed by atoms with Gasteiger partial charge in [0.05, 0.1) is 4.92 Å². The van der Waals surface area contributed by atoms with Crippen LogP contribution in [0.4, 0.5) is 11.4 Å². The molecule has 1 heterocycles. The second-order valence-corrected chi connectivity index (χ2v) is 5.99. The van der Waals surface area contributed by atoms with Gasteiger partial charge < -0.3 is 10.2 Å². The summed E-state index contributed by atoms with van der Waals surface area (Å²) in [6, 6.07) is 5.54. The number of nitrogens with zero attached hydrogens (tertiary/aromatic N) is 2. The summed E-state index contributed by atoms with van der Waals surface area (Å²) in [4.78, 5) is 13.0. The molecule has 1 atom stereocenters. The van der Waals surface area contributed by atoms with Crippen molar-refractivity contribution in [3.8, 4) is 0 Å². The molecule has 1 aliphatic rings. The largest absolute Gasteiger partial charge is 0.365 e. The van der Waals surface area contributed by atoms with E-state index in [4.69, 9.17) is 0 Å². The Morgan fingerprint density at radius 1 is 1.50 bits per heavy atom. The van der Waals surface area contributed by atoms with Crippen LogP contribution in [-0.4, -0.2) is 30.6 Å². The predicted octanol–water partition coefficient (Wildman–Crippen LogP) is 3.33. The summed E-state index contributed by atoms with van der Waals surface area (Å²) in [5, 5.41) is 14.7.